The van der Waals surface area contributed by atoms with E-state index in [-0.39, 0.29) is 0 Å². The fourth-order valence-corrected chi connectivity index (χ4v) is 2.85. The summed E-state index contributed by atoms with van der Waals surface area (Å²) >= 11 is 0. The van der Waals surface area contributed by atoms with Gasteiger partial charge in [-0.25, -0.2) is 0 Å². The number of pyridine rings is 5. The van der Waals surface area contributed by atoms with Crippen LogP contribution in [-0.2, 0) is 0 Å². The number of hydrogen-bond donors (Lipinski definition) is 0. The molecule has 0 radical (unpaired) electrons. The lowest BCUT2D eigenvalue weighted by Gasteiger charge is -1.91. The van der Waals surface area contributed by atoms with Crippen molar-refractivity contribution in [3.05, 3.63) is 116 Å². The zero-order valence-corrected chi connectivity index (χ0v) is 16.2. The van der Waals surface area contributed by atoms with Gasteiger partial charge in [-0.3, -0.25) is 24.9 Å². The monoisotopic (exact) mass is 389 g/mol. The highest BCUT2D eigenvalue weighted by Gasteiger charge is 1.89. The lowest BCUT2D eigenvalue weighted by Crippen LogP contribution is -1.76. The number of fused-ring (bicyclic) bond motifs is 3. The van der Waals surface area contributed by atoms with E-state index in [0.29, 0.717) is 0 Å². The molecule has 6 rings (SSSR count). The van der Waals surface area contributed by atoms with Gasteiger partial charge in [-0.2, -0.15) is 0 Å². The summed E-state index contributed by atoms with van der Waals surface area (Å²) in [5.41, 5.74) is 3.01. The van der Waals surface area contributed by atoms with Crippen LogP contribution in [0.5, 0.6) is 0 Å². The SMILES string of the molecule is c1ccc2ncccc2c1.c1cnc2ccncc2c1.c1cnc2cnccc2c1. The fraction of sp³-hybridized carbons (Fsp3) is 0. The van der Waals surface area contributed by atoms with Crippen LogP contribution in [0.1, 0.15) is 0 Å². The van der Waals surface area contributed by atoms with Gasteiger partial charge in [0.1, 0.15) is 0 Å². The first-order valence-electron chi connectivity index (χ1n) is 9.49. The molecule has 1 aromatic carbocycles. The molecular formula is C25H19N5. The number of aromatic nitrogens is 5. The van der Waals surface area contributed by atoms with Crippen LogP contribution in [0.4, 0.5) is 0 Å². The molecular weight excluding hydrogens is 370 g/mol. The van der Waals surface area contributed by atoms with Crippen molar-refractivity contribution in [3.8, 4) is 0 Å². The minimum atomic E-state index is 0.949. The maximum atomic E-state index is 4.18. The third-order valence-electron chi connectivity index (χ3n) is 4.32. The molecule has 0 aliphatic heterocycles. The van der Waals surface area contributed by atoms with Crippen LogP contribution < -0.4 is 0 Å². The number of nitrogens with zero attached hydrogens (tertiary/aromatic N) is 5. The zero-order chi connectivity index (χ0) is 20.4. The Morgan fingerprint density at radius 2 is 0.900 bits per heavy atom. The molecule has 0 aliphatic carbocycles. The van der Waals surface area contributed by atoms with E-state index in [2.05, 4.69) is 37.1 Å². The smallest absolute Gasteiger partial charge is 0.0885 e. The van der Waals surface area contributed by atoms with E-state index in [1.165, 1.54) is 5.39 Å². The van der Waals surface area contributed by atoms with Gasteiger partial charge in [-0.05, 0) is 42.5 Å². The van der Waals surface area contributed by atoms with Crippen molar-refractivity contribution in [2.24, 2.45) is 0 Å². The van der Waals surface area contributed by atoms with Crippen molar-refractivity contribution >= 4 is 32.7 Å². The Labute approximate surface area is 174 Å². The average molecular weight is 389 g/mol. The molecule has 0 amide bonds. The predicted molar refractivity (Wildman–Crippen MR) is 121 cm³/mol. The highest BCUT2D eigenvalue weighted by molar-refractivity contribution is 5.78. The molecule has 30 heavy (non-hydrogen) atoms. The average Bonchev–Trinajstić information content (AvgIpc) is 2.85. The van der Waals surface area contributed by atoms with Crippen molar-refractivity contribution in [1.29, 1.82) is 0 Å². The molecule has 0 unspecified atom stereocenters. The Balaban J connectivity index is 0.000000109. The molecule has 0 atom stereocenters. The van der Waals surface area contributed by atoms with Gasteiger partial charge in [-0.15, -0.1) is 0 Å². The first-order valence-corrected chi connectivity index (χ1v) is 9.49. The topological polar surface area (TPSA) is 64.5 Å². The van der Waals surface area contributed by atoms with E-state index >= 15 is 0 Å². The number of hydrogen-bond acceptors (Lipinski definition) is 5. The lowest BCUT2D eigenvalue weighted by molar-refractivity contribution is 1.31. The van der Waals surface area contributed by atoms with Crippen molar-refractivity contribution < 1.29 is 0 Å². The van der Waals surface area contributed by atoms with Crippen molar-refractivity contribution in [2.75, 3.05) is 0 Å². The van der Waals surface area contributed by atoms with Crippen LogP contribution in [0, 0.1) is 0 Å². The van der Waals surface area contributed by atoms with E-state index in [4.69, 9.17) is 0 Å². The quantitative estimate of drug-likeness (QED) is 0.343. The van der Waals surface area contributed by atoms with Gasteiger partial charge in [0, 0.05) is 53.3 Å². The molecule has 0 N–H and O–H groups in total. The fourth-order valence-electron chi connectivity index (χ4n) is 2.85. The van der Waals surface area contributed by atoms with Gasteiger partial charge in [0.05, 0.1) is 22.7 Å². The van der Waals surface area contributed by atoms with Crippen LogP contribution in [-0.4, -0.2) is 24.9 Å². The van der Waals surface area contributed by atoms with Crippen LogP contribution >= 0.6 is 0 Å². The van der Waals surface area contributed by atoms with Gasteiger partial charge in [0.25, 0.3) is 0 Å². The van der Waals surface area contributed by atoms with Gasteiger partial charge in [0.2, 0.25) is 0 Å². The molecule has 5 nitrogen and oxygen atoms in total. The molecule has 0 saturated heterocycles. The van der Waals surface area contributed by atoms with Crippen LogP contribution in [0.3, 0.4) is 0 Å². The highest BCUT2D eigenvalue weighted by Crippen LogP contribution is 2.08. The van der Waals surface area contributed by atoms with Gasteiger partial charge >= 0.3 is 0 Å². The maximum Gasteiger partial charge on any atom is 0.0885 e. The Bertz CT molecular complexity index is 1000. The third kappa shape index (κ3) is 4.97. The summed E-state index contributed by atoms with van der Waals surface area (Å²) in [6, 6.07) is 23.8. The first-order chi connectivity index (χ1) is 14.9. The standard InChI is InChI=1S/C9H7N.2C8H6N2/c1-2-6-9-8(4-1)5-3-7-10-9;1-2-7-6-9-5-3-8(7)10-4-1;1-2-7-3-5-9-6-8(7)10-4-1/h1-7H;2*1-6H. The second kappa shape index (κ2) is 9.80. The molecule has 6 aromatic rings. The molecule has 0 saturated carbocycles. The van der Waals surface area contributed by atoms with Crippen LogP contribution in [0.15, 0.2) is 116 Å². The number of para-hydroxylation sites is 1. The van der Waals surface area contributed by atoms with Crippen LogP contribution in [0.25, 0.3) is 32.7 Å². The minimum Gasteiger partial charge on any atom is -0.264 e. The molecule has 0 aliphatic rings. The molecule has 5 aromatic heterocycles. The summed E-state index contributed by atoms with van der Waals surface area (Å²) in [7, 11) is 0. The molecule has 0 spiro atoms. The van der Waals surface area contributed by atoms with Crippen LogP contribution in [0.2, 0.25) is 0 Å². The first kappa shape index (κ1) is 19.1. The summed E-state index contributed by atoms with van der Waals surface area (Å²) < 4.78 is 0. The predicted octanol–water partition coefficient (Wildman–Crippen LogP) is 5.49. The summed E-state index contributed by atoms with van der Waals surface area (Å²) in [6.45, 7) is 0. The Morgan fingerprint density at radius 1 is 0.367 bits per heavy atom. The lowest BCUT2D eigenvalue weighted by atomic mass is 10.2. The van der Waals surface area contributed by atoms with E-state index in [1.807, 2.05) is 73.1 Å². The molecule has 0 bridgehead atoms. The van der Waals surface area contributed by atoms with E-state index in [1.54, 1.807) is 31.0 Å². The molecule has 5 heterocycles. The van der Waals surface area contributed by atoms with Crippen molar-refractivity contribution in [2.45, 2.75) is 0 Å². The second-order valence-electron chi connectivity index (χ2n) is 6.34. The third-order valence-corrected chi connectivity index (χ3v) is 4.32. The molecule has 144 valence electrons. The Morgan fingerprint density at radius 3 is 1.60 bits per heavy atom. The Kier molecular flexibility index (Phi) is 6.23. The summed E-state index contributed by atoms with van der Waals surface area (Å²) in [6.07, 6.45) is 12.4. The second-order valence-corrected chi connectivity index (χ2v) is 6.34. The van der Waals surface area contributed by atoms with Crippen molar-refractivity contribution in [3.63, 3.8) is 0 Å². The van der Waals surface area contributed by atoms with E-state index in [9.17, 15) is 0 Å². The minimum absolute atomic E-state index is 0.949. The summed E-state index contributed by atoms with van der Waals surface area (Å²) in [5, 5.41) is 3.42. The van der Waals surface area contributed by atoms with E-state index < -0.39 is 0 Å². The largest absolute Gasteiger partial charge is 0.264 e. The number of benzene rings is 1. The normalized spacial score (nSPS) is 10.0. The van der Waals surface area contributed by atoms with E-state index in [0.717, 1.165) is 27.3 Å². The summed E-state index contributed by atoms with van der Waals surface area (Å²) in [5.74, 6) is 0. The van der Waals surface area contributed by atoms with Crippen molar-refractivity contribution in [1.82, 2.24) is 24.9 Å². The highest BCUT2D eigenvalue weighted by atomic mass is 14.7. The Hall–Kier alpha value is -4.25. The number of rotatable bonds is 0. The zero-order valence-electron chi connectivity index (χ0n) is 16.2. The van der Waals surface area contributed by atoms with Gasteiger partial charge in [-0.1, -0.05) is 30.3 Å². The molecule has 0 fully saturated rings. The summed E-state index contributed by atoms with van der Waals surface area (Å²) in [4.78, 5) is 20.4. The van der Waals surface area contributed by atoms with Gasteiger partial charge in [0.15, 0.2) is 0 Å². The molecule has 5 heteroatoms. The van der Waals surface area contributed by atoms with Gasteiger partial charge < -0.3 is 0 Å². The maximum absolute atomic E-state index is 4.18.